The molecule has 7 atom stereocenters. The maximum Gasteiger partial charge on any atom is 0.343 e. The Kier molecular flexibility index (Phi) is 8.84. The van der Waals surface area contributed by atoms with Gasteiger partial charge in [0, 0.05) is 37.5 Å². The Balaban J connectivity index is 1.28. The molecule has 1 amide bonds. The van der Waals surface area contributed by atoms with Crippen molar-refractivity contribution in [2.75, 3.05) is 32.9 Å². The van der Waals surface area contributed by atoms with Gasteiger partial charge in [-0.1, -0.05) is 44.2 Å². The van der Waals surface area contributed by atoms with Gasteiger partial charge >= 0.3 is 5.97 Å². The number of benzene rings is 1. The second-order valence-corrected chi connectivity index (χ2v) is 13.9. The van der Waals surface area contributed by atoms with Gasteiger partial charge < -0.3 is 29.2 Å². The average Bonchev–Trinajstić information content (AvgIpc) is 3.60. The number of aliphatic hydroxyl groups is 2. The predicted molar refractivity (Wildman–Crippen MR) is 175 cm³/mol. The molecule has 246 valence electrons. The lowest BCUT2D eigenvalue weighted by atomic mass is 9.45. The fraction of sp³-hybridized carbons (Fsp3) is 0.528. The first-order valence-electron chi connectivity index (χ1n) is 16.3. The quantitative estimate of drug-likeness (QED) is 0.314. The number of aromatic nitrogens is 2. The summed E-state index contributed by atoms with van der Waals surface area (Å²) < 4.78 is 13.0. The Labute approximate surface area is 270 Å². The van der Waals surface area contributed by atoms with Gasteiger partial charge in [0.25, 0.3) is 0 Å². The molecule has 2 aliphatic carbocycles. The predicted octanol–water partition coefficient (Wildman–Crippen LogP) is 3.51. The fourth-order valence-corrected chi connectivity index (χ4v) is 8.24. The highest BCUT2D eigenvalue weighted by molar-refractivity contribution is 5.96. The van der Waals surface area contributed by atoms with Crippen LogP contribution in [-0.2, 0) is 26.1 Å². The van der Waals surface area contributed by atoms with E-state index in [9.17, 15) is 19.8 Å². The van der Waals surface area contributed by atoms with E-state index in [1.165, 1.54) is 0 Å². The molecule has 2 saturated carbocycles. The van der Waals surface area contributed by atoms with Crippen LogP contribution in [-0.4, -0.2) is 87.6 Å². The topological polar surface area (TPSA) is 126 Å². The molecule has 3 heterocycles. The van der Waals surface area contributed by atoms with Gasteiger partial charge in [-0.05, 0) is 67.4 Å². The minimum absolute atomic E-state index is 0.0190. The first-order chi connectivity index (χ1) is 21.9. The smallest absolute Gasteiger partial charge is 0.343 e. The van der Waals surface area contributed by atoms with Gasteiger partial charge in [-0.3, -0.25) is 10.1 Å². The van der Waals surface area contributed by atoms with Crippen LogP contribution in [0.2, 0.25) is 0 Å². The molecule has 1 saturated heterocycles. The molecular formula is C36H46N4O6. The number of carbonyl (C=O) groups excluding carboxylic acids is 2. The highest BCUT2D eigenvalue weighted by Crippen LogP contribution is 2.61. The largest absolute Gasteiger partial charge is 0.423 e. The maximum absolute atomic E-state index is 13.3. The lowest BCUT2D eigenvalue weighted by molar-refractivity contribution is -0.150. The molecule has 2 aromatic rings. The molecule has 10 nitrogen and oxygen atoms in total. The van der Waals surface area contributed by atoms with Gasteiger partial charge in [-0.15, -0.1) is 0 Å². The average molecular weight is 631 g/mol. The lowest BCUT2D eigenvalue weighted by Crippen LogP contribution is -2.62. The van der Waals surface area contributed by atoms with Crippen LogP contribution in [0, 0.1) is 22.7 Å². The highest BCUT2D eigenvalue weighted by atomic mass is 16.5. The minimum atomic E-state index is -0.729. The summed E-state index contributed by atoms with van der Waals surface area (Å²) in [6.07, 6.45) is 10.5. The first-order valence-corrected chi connectivity index (χ1v) is 16.3. The van der Waals surface area contributed by atoms with Crippen LogP contribution in [0.15, 0.2) is 66.2 Å². The van der Waals surface area contributed by atoms with Gasteiger partial charge in [-0.25, -0.2) is 9.78 Å². The van der Waals surface area contributed by atoms with Crippen molar-refractivity contribution in [3.05, 3.63) is 71.8 Å². The molecule has 10 heteroatoms. The van der Waals surface area contributed by atoms with Crippen molar-refractivity contribution in [1.82, 2.24) is 19.8 Å². The number of fused-ring (bicyclic) bond motifs is 2. The van der Waals surface area contributed by atoms with E-state index in [4.69, 9.17) is 9.47 Å². The Morgan fingerprint density at radius 1 is 1.28 bits per heavy atom. The van der Waals surface area contributed by atoms with Crippen LogP contribution < -0.4 is 5.32 Å². The number of esters is 1. The Morgan fingerprint density at radius 2 is 2.04 bits per heavy atom. The van der Waals surface area contributed by atoms with E-state index in [1.54, 1.807) is 12.4 Å². The second-order valence-electron chi connectivity index (χ2n) is 13.9. The van der Waals surface area contributed by atoms with Gasteiger partial charge in [-0.2, -0.15) is 0 Å². The van der Waals surface area contributed by atoms with Crippen molar-refractivity contribution in [2.45, 2.75) is 58.2 Å². The number of morpholine rings is 1. The molecule has 2 aliphatic heterocycles. The number of amides is 1. The monoisotopic (exact) mass is 630 g/mol. The SMILES string of the molecule is C=C1C(NC(C)C(=O)N2CCOCC2)CC2[C@](C)(CC[C@@H](O)[C@@]2(C)CO)C1/C=C/C1=CC(=C\c2ccc3c(c2)ncn3C)/OC1=O. The summed E-state index contributed by atoms with van der Waals surface area (Å²) >= 11 is 0. The number of allylic oxidation sites excluding steroid dienone is 2. The van der Waals surface area contributed by atoms with Gasteiger partial charge in [0.05, 0.1) is 54.9 Å². The molecule has 0 bridgehead atoms. The lowest BCUT2D eigenvalue weighted by Gasteiger charge is -2.61. The summed E-state index contributed by atoms with van der Waals surface area (Å²) in [7, 11) is 1.95. The number of ether oxygens (including phenoxy) is 2. The van der Waals surface area contributed by atoms with Crippen molar-refractivity contribution < 1.29 is 29.3 Å². The van der Waals surface area contributed by atoms with Crippen LogP contribution in [0.3, 0.4) is 0 Å². The maximum atomic E-state index is 13.3. The molecule has 3 fully saturated rings. The zero-order chi connectivity index (χ0) is 32.8. The molecule has 6 rings (SSSR count). The van der Waals surface area contributed by atoms with Crippen LogP contribution in [0.25, 0.3) is 17.1 Å². The van der Waals surface area contributed by atoms with E-state index in [0.717, 1.165) is 28.6 Å². The number of rotatable bonds is 7. The van der Waals surface area contributed by atoms with Crippen LogP contribution in [0.5, 0.6) is 0 Å². The molecular weight excluding hydrogens is 584 g/mol. The van der Waals surface area contributed by atoms with Gasteiger partial charge in [0.2, 0.25) is 5.91 Å². The number of hydrogen-bond acceptors (Lipinski definition) is 8. The Bertz CT molecular complexity index is 1620. The molecule has 46 heavy (non-hydrogen) atoms. The number of hydrogen-bond donors (Lipinski definition) is 3. The number of nitrogens with zero attached hydrogens (tertiary/aromatic N) is 3. The Morgan fingerprint density at radius 3 is 2.78 bits per heavy atom. The third-order valence-electron chi connectivity index (χ3n) is 11.1. The van der Waals surface area contributed by atoms with Crippen LogP contribution >= 0.6 is 0 Å². The number of aryl methyl sites for hydroxylation is 1. The van der Waals surface area contributed by atoms with E-state index in [2.05, 4.69) is 23.8 Å². The van der Waals surface area contributed by atoms with Crippen molar-refractivity contribution in [2.24, 2.45) is 29.7 Å². The number of aliphatic hydroxyl groups excluding tert-OH is 2. The van der Waals surface area contributed by atoms with Crippen LogP contribution in [0.1, 0.15) is 45.6 Å². The molecule has 0 radical (unpaired) electrons. The first kappa shape index (κ1) is 32.4. The second kappa shape index (κ2) is 12.6. The third kappa shape index (κ3) is 5.76. The van der Waals surface area contributed by atoms with Crippen LogP contribution in [0.4, 0.5) is 0 Å². The normalized spacial score (nSPS) is 33.4. The zero-order valence-electron chi connectivity index (χ0n) is 27.2. The molecule has 3 N–H and O–H groups in total. The van der Waals surface area contributed by atoms with Crippen molar-refractivity contribution in [3.63, 3.8) is 0 Å². The van der Waals surface area contributed by atoms with E-state index in [-0.39, 0.29) is 35.8 Å². The molecule has 0 spiro atoms. The third-order valence-corrected chi connectivity index (χ3v) is 11.1. The van der Waals surface area contributed by atoms with E-state index < -0.39 is 23.5 Å². The number of imidazole rings is 1. The van der Waals surface area contributed by atoms with E-state index >= 15 is 0 Å². The number of carbonyl (C=O) groups is 2. The Hall–Kier alpha value is -3.57. The number of cyclic esters (lactones) is 1. The van der Waals surface area contributed by atoms with Crippen molar-refractivity contribution in [1.29, 1.82) is 0 Å². The molecule has 4 unspecified atom stereocenters. The summed E-state index contributed by atoms with van der Waals surface area (Å²) in [4.78, 5) is 32.6. The molecule has 1 aromatic heterocycles. The number of nitrogens with one attached hydrogen (secondary N) is 1. The fourth-order valence-electron chi connectivity index (χ4n) is 8.24. The zero-order valence-corrected chi connectivity index (χ0v) is 27.2. The van der Waals surface area contributed by atoms with Crippen molar-refractivity contribution >= 4 is 29.0 Å². The highest BCUT2D eigenvalue weighted by Gasteiger charge is 2.59. The minimum Gasteiger partial charge on any atom is -0.423 e. The summed E-state index contributed by atoms with van der Waals surface area (Å²) in [5, 5.41) is 25.3. The van der Waals surface area contributed by atoms with E-state index in [0.29, 0.717) is 50.5 Å². The van der Waals surface area contributed by atoms with Gasteiger partial charge in [0.1, 0.15) is 5.76 Å². The van der Waals surface area contributed by atoms with E-state index in [1.807, 2.05) is 66.8 Å². The van der Waals surface area contributed by atoms with Gasteiger partial charge in [0.15, 0.2) is 0 Å². The van der Waals surface area contributed by atoms with Crippen molar-refractivity contribution in [3.8, 4) is 0 Å². The summed E-state index contributed by atoms with van der Waals surface area (Å²) in [6, 6.07) is 5.23. The standard InChI is InChI=1S/C36H46N4O6/c1-22-27(8-7-25-18-26(46-34(25)44)16-24-6-9-30-29(17-24)37-21-39(30)5)35(3)11-10-32(42)36(4,20-41)31(35)19-28(22)38-23(2)33(43)40-12-14-45-15-13-40/h6-9,16-18,21,23,27-28,31-32,38,41-42H,1,10-15,19-20H2,2-5H3/b8-7+,26-16+/t23?,27?,28?,31?,32-,35-,36+/m1/s1. The summed E-state index contributed by atoms with van der Waals surface area (Å²) in [5.74, 6) is -0.205. The summed E-state index contributed by atoms with van der Waals surface area (Å²) in [5.41, 5.74) is 3.06. The summed E-state index contributed by atoms with van der Waals surface area (Å²) in [6.45, 7) is 12.6. The molecule has 4 aliphatic rings. The molecule has 1 aromatic carbocycles.